The van der Waals surface area contributed by atoms with Crippen LogP contribution in [0.3, 0.4) is 0 Å². The lowest BCUT2D eigenvalue weighted by Crippen LogP contribution is -2.29. The molecule has 1 unspecified atom stereocenters. The van der Waals surface area contributed by atoms with Crippen LogP contribution in [0.4, 0.5) is 5.82 Å². The van der Waals surface area contributed by atoms with E-state index in [4.69, 9.17) is 9.36 Å². The maximum Gasteiger partial charge on any atom is 0.269 e. The van der Waals surface area contributed by atoms with Crippen LogP contribution >= 0.6 is 11.3 Å². The van der Waals surface area contributed by atoms with Crippen molar-refractivity contribution in [3.05, 3.63) is 27.4 Å². The molecule has 2 aromatic heterocycles. The predicted octanol–water partition coefficient (Wildman–Crippen LogP) is 3.21. The van der Waals surface area contributed by atoms with E-state index in [0.29, 0.717) is 23.7 Å². The van der Waals surface area contributed by atoms with E-state index in [2.05, 4.69) is 20.6 Å². The van der Waals surface area contributed by atoms with E-state index in [9.17, 15) is 4.79 Å². The molecule has 8 heteroatoms. The average molecular weight is 336 g/mol. The average Bonchev–Trinajstić information content (AvgIpc) is 3.04. The van der Waals surface area contributed by atoms with Crippen LogP contribution in [0.5, 0.6) is 0 Å². The van der Waals surface area contributed by atoms with Crippen LogP contribution in [-0.4, -0.2) is 27.9 Å². The molecule has 1 N–H and O–H groups in total. The van der Waals surface area contributed by atoms with Crippen molar-refractivity contribution in [2.75, 3.05) is 5.32 Å². The molecule has 0 aliphatic carbocycles. The van der Waals surface area contributed by atoms with Crippen LogP contribution in [0.1, 0.15) is 41.6 Å². The van der Waals surface area contributed by atoms with Gasteiger partial charge < -0.3 is 14.7 Å². The van der Waals surface area contributed by atoms with Crippen LogP contribution in [0.2, 0.25) is 0 Å². The molecule has 0 aliphatic heterocycles. The smallest absolute Gasteiger partial charge is 0.269 e. The normalized spacial score (nSPS) is 13.0. The second kappa shape index (κ2) is 7.36. The summed E-state index contributed by atoms with van der Waals surface area (Å²) in [4.78, 5) is 22.9. The largest absolute Gasteiger partial charge is 0.382 e. The quantitative estimate of drug-likeness (QED) is 0.646. The molecular formula is C15H20N4O3S. The first-order valence-electron chi connectivity index (χ1n) is 7.29. The molecule has 1 amide bonds. The molecule has 1 atom stereocenters. The van der Waals surface area contributed by atoms with Crippen LogP contribution in [-0.2, 0) is 9.63 Å². The molecule has 7 nitrogen and oxygen atoms in total. The number of oxime groups is 1. The van der Waals surface area contributed by atoms with E-state index in [-0.39, 0.29) is 5.91 Å². The lowest BCUT2D eigenvalue weighted by Gasteiger charge is -2.12. The van der Waals surface area contributed by atoms with E-state index in [1.54, 1.807) is 24.3 Å². The number of rotatable bonds is 6. The Hall–Kier alpha value is -2.22. The predicted molar refractivity (Wildman–Crippen MR) is 88.8 cm³/mol. The topological polar surface area (TPSA) is 89.6 Å². The minimum absolute atomic E-state index is 0.311. The highest BCUT2D eigenvalue weighted by Crippen LogP contribution is 2.18. The summed E-state index contributed by atoms with van der Waals surface area (Å²) in [5.41, 5.74) is 1.62. The molecule has 0 bridgehead atoms. The summed E-state index contributed by atoms with van der Waals surface area (Å²) in [6.45, 7) is 9.31. The fourth-order valence-corrected chi connectivity index (χ4v) is 2.85. The first-order valence-corrected chi connectivity index (χ1v) is 8.11. The maximum absolute atomic E-state index is 12.2. The van der Waals surface area contributed by atoms with Crippen molar-refractivity contribution in [1.29, 1.82) is 0 Å². The lowest BCUT2D eigenvalue weighted by atomic mass is 10.2. The fourth-order valence-electron chi connectivity index (χ4n) is 1.99. The second-order valence-corrected chi connectivity index (χ2v) is 6.34. The van der Waals surface area contributed by atoms with E-state index < -0.39 is 6.10 Å². The summed E-state index contributed by atoms with van der Waals surface area (Å²) in [5, 5.41) is 11.4. The molecule has 2 aromatic rings. The van der Waals surface area contributed by atoms with E-state index >= 15 is 0 Å². The zero-order valence-electron chi connectivity index (χ0n) is 13.8. The van der Waals surface area contributed by atoms with E-state index in [1.165, 1.54) is 0 Å². The highest BCUT2D eigenvalue weighted by molar-refractivity contribution is 7.13. The number of hydrogen-bond donors (Lipinski definition) is 1. The van der Waals surface area contributed by atoms with E-state index in [0.717, 1.165) is 15.6 Å². The number of thiazole rings is 1. The molecule has 2 rings (SSSR count). The van der Waals surface area contributed by atoms with Gasteiger partial charge in [0.05, 0.1) is 21.3 Å². The third-order valence-electron chi connectivity index (χ3n) is 3.09. The van der Waals surface area contributed by atoms with Crippen LogP contribution in [0.15, 0.2) is 15.7 Å². The number of nitrogens with zero attached hydrogens (tertiary/aromatic N) is 3. The molecular weight excluding hydrogens is 316 g/mol. The van der Waals surface area contributed by atoms with Crippen LogP contribution in [0.25, 0.3) is 0 Å². The van der Waals surface area contributed by atoms with Gasteiger partial charge in [-0.15, -0.1) is 11.3 Å². The van der Waals surface area contributed by atoms with Crippen molar-refractivity contribution < 1.29 is 14.2 Å². The van der Waals surface area contributed by atoms with Crippen molar-refractivity contribution in [2.24, 2.45) is 5.16 Å². The first-order chi connectivity index (χ1) is 10.9. The Morgan fingerprint density at radius 1 is 1.48 bits per heavy atom. The maximum atomic E-state index is 12.2. The molecule has 0 fully saturated rings. The Bertz CT molecular complexity index is 720. The monoisotopic (exact) mass is 336 g/mol. The Morgan fingerprint density at radius 3 is 2.74 bits per heavy atom. The first kappa shape index (κ1) is 17.1. The molecule has 2 heterocycles. The summed E-state index contributed by atoms with van der Waals surface area (Å²) in [6.07, 6.45) is -0.212. The number of anilines is 1. The van der Waals surface area contributed by atoms with Crippen molar-refractivity contribution in [1.82, 2.24) is 10.1 Å². The number of hydrogen-bond acceptors (Lipinski definition) is 7. The standard InChI is InChI=1S/C15H20N4O3S/c1-6-12(15(20)17-13-7-8(2)21-19-13)22-18-10(4)14-9(3)16-11(5)23-14/h7,12H,6H2,1-5H3,(H,17,19,20). The van der Waals surface area contributed by atoms with Gasteiger partial charge in [0, 0.05) is 6.07 Å². The number of carbonyl (C=O) groups is 1. The number of nitrogens with one attached hydrogen (secondary N) is 1. The second-order valence-electron chi connectivity index (χ2n) is 5.14. The number of carbonyl (C=O) groups excluding carboxylic acids is 1. The fraction of sp³-hybridized carbons (Fsp3) is 0.467. The minimum Gasteiger partial charge on any atom is -0.382 e. The third-order valence-corrected chi connectivity index (χ3v) is 4.27. The van der Waals surface area contributed by atoms with Gasteiger partial charge in [-0.05, 0) is 34.1 Å². The Labute approximate surface area is 138 Å². The van der Waals surface area contributed by atoms with Gasteiger partial charge in [-0.2, -0.15) is 0 Å². The van der Waals surface area contributed by atoms with Gasteiger partial charge in [0.15, 0.2) is 5.82 Å². The third kappa shape index (κ3) is 4.38. The summed E-state index contributed by atoms with van der Waals surface area (Å²) < 4.78 is 4.91. The molecule has 23 heavy (non-hydrogen) atoms. The highest BCUT2D eigenvalue weighted by Gasteiger charge is 2.20. The molecule has 0 spiro atoms. The van der Waals surface area contributed by atoms with Crippen LogP contribution < -0.4 is 5.32 Å². The van der Waals surface area contributed by atoms with Gasteiger partial charge in [0.1, 0.15) is 5.76 Å². The Morgan fingerprint density at radius 2 is 2.22 bits per heavy atom. The Kier molecular flexibility index (Phi) is 5.49. The van der Waals surface area contributed by atoms with Crippen molar-refractivity contribution >= 4 is 28.8 Å². The molecule has 0 aromatic carbocycles. The molecule has 124 valence electrons. The minimum atomic E-state index is -0.698. The zero-order valence-corrected chi connectivity index (χ0v) is 14.7. The highest BCUT2D eigenvalue weighted by atomic mass is 32.1. The summed E-state index contributed by atoms with van der Waals surface area (Å²) in [5.74, 6) is 0.679. The number of amides is 1. The van der Waals surface area contributed by atoms with Gasteiger partial charge in [0.2, 0.25) is 6.10 Å². The molecule has 0 aliphatic rings. The zero-order chi connectivity index (χ0) is 17.0. The Balaban J connectivity index is 2.02. The van der Waals surface area contributed by atoms with Crippen molar-refractivity contribution in [3.8, 4) is 0 Å². The molecule has 0 radical (unpaired) electrons. The van der Waals surface area contributed by atoms with E-state index in [1.807, 2.05) is 27.7 Å². The van der Waals surface area contributed by atoms with Gasteiger partial charge in [-0.3, -0.25) is 4.79 Å². The van der Waals surface area contributed by atoms with Gasteiger partial charge in [-0.1, -0.05) is 17.2 Å². The van der Waals surface area contributed by atoms with Gasteiger partial charge in [-0.25, -0.2) is 4.98 Å². The summed E-state index contributed by atoms with van der Waals surface area (Å²) >= 11 is 1.55. The number of aromatic nitrogens is 2. The molecule has 0 saturated carbocycles. The van der Waals surface area contributed by atoms with Gasteiger partial charge in [0.25, 0.3) is 5.91 Å². The van der Waals surface area contributed by atoms with Crippen LogP contribution in [0, 0.1) is 20.8 Å². The lowest BCUT2D eigenvalue weighted by molar-refractivity contribution is -0.127. The van der Waals surface area contributed by atoms with Crippen molar-refractivity contribution in [3.63, 3.8) is 0 Å². The number of aryl methyl sites for hydroxylation is 3. The summed E-state index contributed by atoms with van der Waals surface area (Å²) in [7, 11) is 0. The van der Waals surface area contributed by atoms with Gasteiger partial charge >= 0.3 is 0 Å². The molecule has 0 saturated heterocycles. The van der Waals surface area contributed by atoms with Crippen molar-refractivity contribution in [2.45, 2.75) is 47.1 Å². The SMILES string of the molecule is CCC(ON=C(C)c1sc(C)nc1C)C(=O)Nc1cc(C)on1. The summed E-state index contributed by atoms with van der Waals surface area (Å²) in [6, 6.07) is 1.64.